The van der Waals surface area contributed by atoms with E-state index in [1.54, 1.807) is 10.9 Å². The molecule has 1 aliphatic rings. The lowest BCUT2D eigenvalue weighted by atomic mass is 10.1. The van der Waals surface area contributed by atoms with E-state index in [1.807, 2.05) is 20.8 Å². The zero-order valence-electron chi connectivity index (χ0n) is 13.8. The molecule has 120 valence electrons. The minimum atomic E-state index is -0.211. The number of nitrogens with zero attached hydrogens (tertiary/aromatic N) is 3. The lowest BCUT2D eigenvalue weighted by Gasteiger charge is -2.20. The maximum Gasteiger partial charge on any atom is 0.263 e. The molecule has 2 heterocycles. The average molecular weight is 303 g/mol. The lowest BCUT2D eigenvalue weighted by molar-refractivity contribution is 0.366. The molecule has 0 aliphatic heterocycles. The first kappa shape index (κ1) is 15.1. The van der Waals surface area contributed by atoms with Crippen molar-refractivity contribution < 1.29 is 0 Å². The number of H-pyrrole nitrogens is 1. The smallest absolute Gasteiger partial charge is 0.263 e. The third-order valence-electron chi connectivity index (χ3n) is 4.16. The van der Waals surface area contributed by atoms with Crippen LogP contribution in [0.3, 0.4) is 0 Å². The van der Waals surface area contributed by atoms with Gasteiger partial charge in [-0.25, -0.2) is 4.68 Å². The third-order valence-corrected chi connectivity index (χ3v) is 4.16. The SMILES string of the molecule is CC(CCC1CC1)Nc1nc2c(cnn2C(C)(C)C)c(=O)[nH]1. The van der Waals surface area contributed by atoms with Crippen molar-refractivity contribution in [1.29, 1.82) is 0 Å². The highest BCUT2D eigenvalue weighted by atomic mass is 16.1. The Kier molecular flexibility index (Phi) is 3.70. The summed E-state index contributed by atoms with van der Waals surface area (Å²) in [7, 11) is 0. The highest BCUT2D eigenvalue weighted by molar-refractivity contribution is 5.74. The number of aromatic nitrogens is 4. The lowest BCUT2D eigenvalue weighted by Crippen LogP contribution is -2.25. The van der Waals surface area contributed by atoms with Crippen LogP contribution < -0.4 is 10.9 Å². The molecule has 0 amide bonds. The Balaban J connectivity index is 1.85. The Morgan fingerprint density at radius 1 is 1.45 bits per heavy atom. The molecule has 1 fully saturated rings. The van der Waals surface area contributed by atoms with Crippen LogP contribution in [0.2, 0.25) is 0 Å². The maximum absolute atomic E-state index is 12.2. The van der Waals surface area contributed by atoms with E-state index in [1.165, 1.54) is 19.3 Å². The molecule has 3 rings (SSSR count). The van der Waals surface area contributed by atoms with Crippen molar-refractivity contribution in [3.63, 3.8) is 0 Å². The van der Waals surface area contributed by atoms with Crippen molar-refractivity contribution in [3.05, 3.63) is 16.6 Å². The summed E-state index contributed by atoms with van der Waals surface area (Å²) in [5.74, 6) is 1.45. The molecule has 0 aromatic carbocycles. The van der Waals surface area contributed by atoms with E-state index in [9.17, 15) is 4.79 Å². The minimum absolute atomic E-state index is 0.141. The topological polar surface area (TPSA) is 75.6 Å². The predicted octanol–water partition coefficient (Wildman–Crippen LogP) is 2.87. The van der Waals surface area contributed by atoms with Gasteiger partial charge in [0, 0.05) is 6.04 Å². The van der Waals surface area contributed by atoms with Gasteiger partial charge in [0.05, 0.1) is 11.7 Å². The number of aromatic amines is 1. The molecule has 0 bridgehead atoms. The fraction of sp³-hybridized carbons (Fsp3) is 0.688. The quantitative estimate of drug-likeness (QED) is 0.890. The Morgan fingerprint density at radius 3 is 2.82 bits per heavy atom. The second-order valence-corrected chi connectivity index (χ2v) is 7.45. The number of fused-ring (bicyclic) bond motifs is 1. The van der Waals surface area contributed by atoms with Gasteiger partial charge in [-0.15, -0.1) is 0 Å². The largest absolute Gasteiger partial charge is 0.353 e. The summed E-state index contributed by atoms with van der Waals surface area (Å²) >= 11 is 0. The zero-order chi connectivity index (χ0) is 15.9. The highest BCUT2D eigenvalue weighted by Gasteiger charge is 2.22. The molecule has 0 spiro atoms. The number of rotatable bonds is 5. The Bertz CT molecular complexity index is 720. The van der Waals surface area contributed by atoms with E-state index in [4.69, 9.17) is 0 Å². The van der Waals surface area contributed by atoms with Gasteiger partial charge < -0.3 is 5.32 Å². The molecule has 1 unspecified atom stereocenters. The van der Waals surface area contributed by atoms with Crippen molar-refractivity contribution in [1.82, 2.24) is 19.7 Å². The summed E-state index contributed by atoms with van der Waals surface area (Å²) in [4.78, 5) is 19.6. The number of anilines is 1. The van der Waals surface area contributed by atoms with Crippen molar-refractivity contribution in [2.24, 2.45) is 5.92 Å². The van der Waals surface area contributed by atoms with Crippen molar-refractivity contribution in [2.75, 3.05) is 5.32 Å². The number of hydrogen-bond donors (Lipinski definition) is 2. The van der Waals surface area contributed by atoms with E-state index in [0.29, 0.717) is 23.0 Å². The van der Waals surface area contributed by atoms with Crippen molar-refractivity contribution in [2.45, 2.75) is 65.0 Å². The molecule has 2 N–H and O–H groups in total. The van der Waals surface area contributed by atoms with Gasteiger partial charge in [-0.1, -0.05) is 12.8 Å². The molecule has 1 atom stereocenters. The first-order valence-corrected chi connectivity index (χ1v) is 8.09. The maximum atomic E-state index is 12.2. The molecule has 22 heavy (non-hydrogen) atoms. The zero-order valence-corrected chi connectivity index (χ0v) is 13.8. The van der Waals surface area contributed by atoms with Crippen LogP contribution in [0.4, 0.5) is 5.95 Å². The van der Waals surface area contributed by atoms with Gasteiger partial charge in [-0.05, 0) is 46.5 Å². The summed E-state index contributed by atoms with van der Waals surface area (Å²) in [6.45, 7) is 8.28. The van der Waals surface area contributed by atoms with Crippen LogP contribution in [0.25, 0.3) is 11.0 Å². The van der Waals surface area contributed by atoms with Crippen LogP contribution in [0.5, 0.6) is 0 Å². The second kappa shape index (κ2) is 5.41. The predicted molar refractivity (Wildman–Crippen MR) is 88.2 cm³/mol. The van der Waals surface area contributed by atoms with Gasteiger partial charge >= 0.3 is 0 Å². The van der Waals surface area contributed by atoms with Crippen LogP contribution >= 0.6 is 0 Å². The molecule has 6 heteroatoms. The van der Waals surface area contributed by atoms with Crippen LogP contribution in [-0.2, 0) is 5.54 Å². The van der Waals surface area contributed by atoms with E-state index in [-0.39, 0.29) is 11.1 Å². The summed E-state index contributed by atoms with van der Waals surface area (Å²) < 4.78 is 1.80. The molecule has 1 saturated carbocycles. The molecule has 0 radical (unpaired) electrons. The van der Waals surface area contributed by atoms with E-state index < -0.39 is 0 Å². The van der Waals surface area contributed by atoms with Crippen molar-refractivity contribution >= 4 is 17.0 Å². The molecule has 0 saturated heterocycles. The van der Waals surface area contributed by atoms with Gasteiger partial charge in [-0.2, -0.15) is 10.1 Å². The standard InChI is InChI=1S/C16H25N5O/c1-10(5-6-11-7-8-11)18-15-19-13-12(14(22)20-15)9-17-21(13)16(2,3)4/h9-11H,5-8H2,1-4H3,(H2,18,19,20,22). The van der Waals surface area contributed by atoms with Gasteiger partial charge in [0.2, 0.25) is 5.95 Å². The van der Waals surface area contributed by atoms with Gasteiger partial charge in [0.25, 0.3) is 5.56 Å². The minimum Gasteiger partial charge on any atom is -0.353 e. The first-order valence-electron chi connectivity index (χ1n) is 8.09. The molecular formula is C16H25N5O. The normalized spacial score (nSPS) is 16.9. The molecule has 1 aliphatic carbocycles. The Labute approximate surface area is 130 Å². The van der Waals surface area contributed by atoms with Gasteiger partial charge in [-0.3, -0.25) is 9.78 Å². The van der Waals surface area contributed by atoms with E-state index >= 15 is 0 Å². The van der Waals surface area contributed by atoms with Crippen LogP contribution in [0, 0.1) is 5.92 Å². The molecule has 2 aromatic heterocycles. The molecule has 6 nitrogen and oxygen atoms in total. The average Bonchev–Trinajstić information content (AvgIpc) is 3.13. The Morgan fingerprint density at radius 2 is 2.18 bits per heavy atom. The summed E-state index contributed by atoms with van der Waals surface area (Å²) in [6.07, 6.45) is 6.69. The fourth-order valence-corrected chi connectivity index (χ4v) is 2.68. The van der Waals surface area contributed by atoms with Crippen LogP contribution in [-0.4, -0.2) is 25.8 Å². The van der Waals surface area contributed by atoms with E-state index in [0.717, 1.165) is 12.3 Å². The summed E-state index contributed by atoms with van der Waals surface area (Å²) in [5, 5.41) is 8.17. The van der Waals surface area contributed by atoms with Crippen LogP contribution in [0.1, 0.15) is 53.4 Å². The Hall–Kier alpha value is -1.85. The molecule has 2 aromatic rings. The second-order valence-electron chi connectivity index (χ2n) is 7.45. The summed E-state index contributed by atoms with van der Waals surface area (Å²) in [5.41, 5.74) is 0.280. The van der Waals surface area contributed by atoms with Gasteiger partial charge in [0.15, 0.2) is 5.65 Å². The number of nitrogens with one attached hydrogen (secondary N) is 2. The third kappa shape index (κ3) is 3.15. The monoisotopic (exact) mass is 303 g/mol. The van der Waals surface area contributed by atoms with Crippen molar-refractivity contribution in [3.8, 4) is 0 Å². The fourth-order valence-electron chi connectivity index (χ4n) is 2.68. The number of hydrogen-bond acceptors (Lipinski definition) is 4. The molecular weight excluding hydrogens is 278 g/mol. The summed E-state index contributed by atoms with van der Waals surface area (Å²) in [6, 6.07) is 0.298. The van der Waals surface area contributed by atoms with Crippen LogP contribution in [0.15, 0.2) is 11.0 Å². The highest BCUT2D eigenvalue weighted by Crippen LogP contribution is 2.34. The first-order chi connectivity index (χ1) is 10.3. The van der Waals surface area contributed by atoms with E-state index in [2.05, 4.69) is 27.3 Å². The van der Waals surface area contributed by atoms with Gasteiger partial charge in [0.1, 0.15) is 5.39 Å².